The van der Waals surface area contributed by atoms with Crippen LogP contribution in [0.5, 0.6) is 0 Å². The van der Waals surface area contributed by atoms with E-state index in [2.05, 4.69) is 43.0 Å². The summed E-state index contributed by atoms with van der Waals surface area (Å²) >= 11 is 19.1. The van der Waals surface area contributed by atoms with Gasteiger partial charge in [0.25, 0.3) is 0 Å². The fourth-order valence-electron chi connectivity index (χ4n) is 2.58. The highest BCUT2D eigenvalue weighted by Gasteiger charge is 2.65. The maximum atomic E-state index is 12.9. The van der Waals surface area contributed by atoms with Crippen molar-refractivity contribution in [3.63, 3.8) is 0 Å². The molecule has 1 aromatic carbocycles. The van der Waals surface area contributed by atoms with Gasteiger partial charge in [-0.1, -0.05) is 62.0 Å². The molecule has 1 aliphatic carbocycles. The molecule has 1 aliphatic rings. The Kier molecular flexibility index (Phi) is 4.47. The van der Waals surface area contributed by atoms with Gasteiger partial charge in [-0.05, 0) is 18.6 Å². The summed E-state index contributed by atoms with van der Waals surface area (Å²) in [5, 5.41) is 13.3. The predicted octanol–water partition coefficient (Wildman–Crippen LogP) is 6.22. The van der Waals surface area contributed by atoms with E-state index in [0.717, 1.165) is 12.1 Å². The smallest absolute Gasteiger partial charge is 0.236 e. The number of halogens is 7. The fraction of sp³-hybridized carbons (Fsp3) is 0.333. The van der Waals surface area contributed by atoms with Crippen LogP contribution >= 0.6 is 55.1 Å². The normalized spacial score (nSPS) is 21.9. The van der Waals surface area contributed by atoms with Gasteiger partial charge < -0.3 is 0 Å². The van der Waals surface area contributed by atoms with E-state index in [1.54, 1.807) is 0 Å². The number of aromatic nitrogens is 2. The van der Waals surface area contributed by atoms with Crippen LogP contribution in [-0.2, 0) is 11.6 Å². The molecule has 3 rings (SSSR count). The summed E-state index contributed by atoms with van der Waals surface area (Å²) in [4.78, 5) is 0. The van der Waals surface area contributed by atoms with Crippen LogP contribution in [0, 0.1) is 11.3 Å². The van der Waals surface area contributed by atoms with E-state index in [1.165, 1.54) is 10.9 Å². The third-order valence-corrected chi connectivity index (χ3v) is 7.08. The van der Waals surface area contributed by atoms with Crippen molar-refractivity contribution in [3.8, 4) is 11.8 Å². The second-order valence-electron chi connectivity index (χ2n) is 5.95. The standard InChI is InChI=1S/C15H8Br2Cl2F3N3/c1-13(6-14(13,16)17)12-7(4-23)5-25(24-12)11-9(18)2-8(3-10(11)19)15(20,21)22/h2-3,5H,6H2,1H3. The Labute approximate surface area is 168 Å². The Balaban J connectivity index is 2.14. The molecule has 0 radical (unpaired) electrons. The van der Waals surface area contributed by atoms with Gasteiger partial charge in [0.15, 0.2) is 0 Å². The van der Waals surface area contributed by atoms with E-state index >= 15 is 0 Å². The second-order valence-corrected chi connectivity index (χ2v) is 10.5. The Morgan fingerprint density at radius 2 is 1.80 bits per heavy atom. The Morgan fingerprint density at radius 1 is 1.28 bits per heavy atom. The summed E-state index contributed by atoms with van der Waals surface area (Å²) < 4.78 is 39.4. The predicted molar refractivity (Wildman–Crippen MR) is 95.9 cm³/mol. The number of rotatable bonds is 2. The topological polar surface area (TPSA) is 41.6 Å². The zero-order valence-corrected chi connectivity index (χ0v) is 17.1. The first-order valence-corrected chi connectivity index (χ1v) is 9.19. The lowest BCUT2D eigenvalue weighted by Gasteiger charge is -2.13. The zero-order valence-electron chi connectivity index (χ0n) is 12.4. The van der Waals surface area contributed by atoms with Gasteiger partial charge in [0, 0.05) is 11.6 Å². The molecule has 0 amide bonds. The van der Waals surface area contributed by atoms with Crippen molar-refractivity contribution in [2.24, 2.45) is 0 Å². The van der Waals surface area contributed by atoms with Crippen molar-refractivity contribution >= 4 is 55.1 Å². The van der Waals surface area contributed by atoms with Gasteiger partial charge in [0.05, 0.1) is 30.1 Å². The largest absolute Gasteiger partial charge is 0.416 e. The van der Waals surface area contributed by atoms with Crippen LogP contribution in [0.1, 0.15) is 30.2 Å². The molecule has 132 valence electrons. The van der Waals surface area contributed by atoms with Gasteiger partial charge in [0.1, 0.15) is 11.8 Å². The van der Waals surface area contributed by atoms with Crippen LogP contribution in [0.4, 0.5) is 13.2 Å². The Bertz CT molecular complexity index is 895. The molecule has 2 aromatic rings. The van der Waals surface area contributed by atoms with E-state index in [1.807, 2.05) is 6.92 Å². The summed E-state index contributed by atoms with van der Waals surface area (Å²) in [6, 6.07) is 3.63. The monoisotopic (exact) mass is 515 g/mol. The van der Waals surface area contributed by atoms with Crippen LogP contribution in [0.15, 0.2) is 18.3 Å². The quantitative estimate of drug-likeness (QED) is 0.444. The maximum absolute atomic E-state index is 12.9. The number of benzene rings is 1. The summed E-state index contributed by atoms with van der Waals surface area (Å²) in [7, 11) is 0. The molecule has 10 heteroatoms. The van der Waals surface area contributed by atoms with Gasteiger partial charge >= 0.3 is 6.18 Å². The van der Waals surface area contributed by atoms with Gasteiger partial charge in [-0.25, -0.2) is 4.68 Å². The molecule has 0 aliphatic heterocycles. The lowest BCUT2D eigenvalue weighted by molar-refractivity contribution is -0.137. The minimum Gasteiger partial charge on any atom is -0.236 e. The zero-order chi connectivity index (χ0) is 18.8. The van der Waals surface area contributed by atoms with E-state index in [9.17, 15) is 18.4 Å². The van der Waals surface area contributed by atoms with Crippen LogP contribution < -0.4 is 0 Å². The molecule has 1 saturated carbocycles. The molecule has 1 fully saturated rings. The first-order valence-electron chi connectivity index (χ1n) is 6.85. The minimum absolute atomic E-state index is 0.0954. The van der Waals surface area contributed by atoms with Gasteiger partial charge in [-0.15, -0.1) is 0 Å². The highest BCUT2D eigenvalue weighted by atomic mass is 79.9. The fourth-order valence-corrected chi connectivity index (χ4v) is 4.74. The number of hydrogen-bond acceptors (Lipinski definition) is 2. The number of nitriles is 1. The SMILES string of the molecule is CC1(c2nn(-c3c(Cl)cc(C(F)(F)F)cc3Cl)cc2C#N)CC1(Br)Br. The average molecular weight is 518 g/mol. The molecule has 25 heavy (non-hydrogen) atoms. The van der Waals surface area contributed by atoms with Crippen molar-refractivity contribution in [1.82, 2.24) is 9.78 Å². The van der Waals surface area contributed by atoms with Crippen molar-refractivity contribution < 1.29 is 13.2 Å². The average Bonchev–Trinajstić information content (AvgIpc) is 2.83. The number of nitrogens with zero attached hydrogens (tertiary/aromatic N) is 3. The van der Waals surface area contributed by atoms with Gasteiger partial charge in [-0.3, -0.25) is 0 Å². The lowest BCUT2D eigenvalue weighted by Crippen LogP contribution is -2.12. The summed E-state index contributed by atoms with van der Waals surface area (Å²) in [6.07, 6.45) is -2.46. The molecule has 0 N–H and O–H groups in total. The molecule has 3 nitrogen and oxygen atoms in total. The molecule has 1 unspecified atom stereocenters. The second kappa shape index (κ2) is 5.88. The third-order valence-electron chi connectivity index (χ3n) is 4.19. The third kappa shape index (κ3) is 3.09. The van der Waals surface area contributed by atoms with Crippen molar-refractivity contribution in [2.45, 2.75) is 28.2 Å². The van der Waals surface area contributed by atoms with Gasteiger partial charge in [-0.2, -0.15) is 23.5 Å². The molecular weight excluding hydrogens is 510 g/mol. The summed E-state index contributed by atoms with van der Waals surface area (Å²) in [5.74, 6) is 0. The molecule has 0 spiro atoms. The Morgan fingerprint density at radius 3 is 2.20 bits per heavy atom. The summed E-state index contributed by atoms with van der Waals surface area (Å²) in [5.41, 5.74) is -0.480. The highest BCUT2D eigenvalue weighted by Crippen LogP contribution is 2.67. The molecule has 1 heterocycles. The molecular formula is C15H8Br2Cl2F3N3. The van der Waals surface area contributed by atoms with Crippen LogP contribution in [0.3, 0.4) is 0 Å². The molecule has 1 aromatic heterocycles. The molecule has 0 saturated heterocycles. The van der Waals surface area contributed by atoms with Crippen molar-refractivity contribution in [1.29, 1.82) is 5.26 Å². The maximum Gasteiger partial charge on any atom is 0.416 e. The summed E-state index contributed by atoms with van der Waals surface area (Å²) in [6.45, 7) is 1.92. The minimum atomic E-state index is -4.56. The van der Waals surface area contributed by atoms with E-state index in [4.69, 9.17) is 23.2 Å². The number of hydrogen-bond donors (Lipinski definition) is 0. The van der Waals surface area contributed by atoms with Crippen LogP contribution in [0.25, 0.3) is 5.69 Å². The molecule has 1 atom stereocenters. The van der Waals surface area contributed by atoms with E-state index in [0.29, 0.717) is 17.7 Å². The first-order chi connectivity index (χ1) is 11.4. The van der Waals surface area contributed by atoms with Crippen LogP contribution in [-0.4, -0.2) is 13.0 Å². The van der Waals surface area contributed by atoms with Crippen LogP contribution in [0.2, 0.25) is 10.0 Å². The van der Waals surface area contributed by atoms with Crippen molar-refractivity contribution in [2.75, 3.05) is 0 Å². The first kappa shape index (κ1) is 19.0. The van der Waals surface area contributed by atoms with E-state index < -0.39 is 17.2 Å². The molecule has 0 bridgehead atoms. The van der Waals surface area contributed by atoms with Gasteiger partial charge in [0.2, 0.25) is 0 Å². The highest BCUT2D eigenvalue weighted by molar-refractivity contribution is 9.25. The Hall–Kier alpha value is -0.750. The van der Waals surface area contributed by atoms with Crippen molar-refractivity contribution in [3.05, 3.63) is 45.2 Å². The van der Waals surface area contributed by atoms with E-state index in [-0.39, 0.29) is 19.0 Å². The lowest BCUT2D eigenvalue weighted by atomic mass is 10.0. The number of alkyl halides is 5.